The highest BCUT2D eigenvalue weighted by atomic mass is 16.5. The molecule has 35 heavy (non-hydrogen) atoms. The molecule has 3 aromatic rings. The lowest BCUT2D eigenvalue weighted by molar-refractivity contribution is -0.122. The van der Waals surface area contributed by atoms with Gasteiger partial charge in [0.1, 0.15) is 12.4 Å². The van der Waals surface area contributed by atoms with E-state index < -0.39 is 0 Å². The second-order valence-corrected chi connectivity index (χ2v) is 8.98. The van der Waals surface area contributed by atoms with Gasteiger partial charge in [0.15, 0.2) is 5.78 Å². The second kappa shape index (κ2) is 10.8. The van der Waals surface area contributed by atoms with E-state index in [2.05, 4.69) is 20.6 Å². The maximum absolute atomic E-state index is 12.8. The van der Waals surface area contributed by atoms with Gasteiger partial charge < -0.3 is 25.1 Å². The molecule has 0 radical (unpaired) electrons. The number of amides is 1. The average molecular weight is 475 g/mol. The van der Waals surface area contributed by atoms with Crippen molar-refractivity contribution in [3.8, 4) is 11.3 Å². The van der Waals surface area contributed by atoms with Crippen LogP contribution in [-0.2, 0) is 20.7 Å². The first-order valence-electron chi connectivity index (χ1n) is 12.2. The Hall–Kier alpha value is -3.49. The van der Waals surface area contributed by atoms with E-state index >= 15 is 0 Å². The van der Waals surface area contributed by atoms with Crippen LogP contribution < -0.4 is 10.6 Å². The van der Waals surface area contributed by atoms with Crippen LogP contribution >= 0.6 is 0 Å². The number of hydrogen-bond donors (Lipinski definition) is 3. The van der Waals surface area contributed by atoms with Gasteiger partial charge in [0.2, 0.25) is 0 Å². The van der Waals surface area contributed by atoms with Crippen molar-refractivity contribution in [2.45, 2.75) is 44.6 Å². The van der Waals surface area contributed by atoms with E-state index in [-0.39, 0.29) is 24.4 Å². The van der Waals surface area contributed by atoms with Gasteiger partial charge in [0.25, 0.3) is 5.91 Å². The first kappa shape index (κ1) is 23.3. The highest BCUT2D eigenvalue weighted by molar-refractivity contribution is 6.07. The Balaban J connectivity index is 1.33. The van der Waals surface area contributed by atoms with E-state index in [4.69, 9.17) is 9.47 Å². The van der Waals surface area contributed by atoms with Gasteiger partial charge in [-0.3, -0.25) is 9.59 Å². The van der Waals surface area contributed by atoms with Gasteiger partial charge in [-0.1, -0.05) is 18.2 Å². The number of hydrogen-bond acceptors (Lipinski definition) is 6. The molecule has 1 aliphatic heterocycles. The van der Waals surface area contributed by atoms with Crippen LogP contribution in [0.2, 0.25) is 0 Å². The quantitative estimate of drug-likeness (QED) is 0.430. The Labute approximate surface area is 204 Å². The van der Waals surface area contributed by atoms with Gasteiger partial charge >= 0.3 is 0 Å². The number of ether oxygens (including phenoxy) is 2. The highest BCUT2D eigenvalue weighted by Crippen LogP contribution is 2.39. The molecule has 0 spiro atoms. The number of aromatic amines is 1. The van der Waals surface area contributed by atoms with Crippen LogP contribution in [-0.4, -0.2) is 47.6 Å². The molecular weight excluding hydrogens is 444 g/mol. The fraction of sp³-hybridized carbons (Fsp3) is 0.370. The topological polar surface area (TPSA) is 105 Å². The van der Waals surface area contributed by atoms with Crippen molar-refractivity contribution in [1.82, 2.24) is 9.97 Å². The van der Waals surface area contributed by atoms with Crippen LogP contribution in [0.15, 0.2) is 48.7 Å². The zero-order chi connectivity index (χ0) is 24.0. The van der Waals surface area contributed by atoms with Crippen LogP contribution in [0.4, 0.5) is 17.2 Å². The smallest absolute Gasteiger partial charge is 0.251 e. The highest BCUT2D eigenvalue weighted by Gasteiger charge is 2.27. The average Bonchev–Trinajstić information content (AvgIpc) is 3.25. The van der Waals surface area contributed by atoms with Gasteiger partial charge in [-0.2, -0.15) is 0 Å². The van der Waals surface area contributed by atoms with Gasteiger partial charge in [0.05, 0.1) is 29.7 Å². The molecule has 1 amide bonds. The number of aryl methyl sites for hydroxylation is 1. The summed E-state index contributed by atoms with van der Waals surface area (Å²) in [5, 5.41) is 6.25. The molecule has 8 heteroatoms. The van der Waals surface area contributed by atoms with E-state index in [0.29, 0.717) is 18.8 Å². The number of Topliss-reactive ketones (excluding diaryl/α,β-unsaturated/α-hetero) is 1. The van der Waals surface area contributed by atoms with Gasteiger partial charge in [-0.05, 0) is 56.4 Å². The number of carbonyl (C=O) groups excluding carboxylic acids is 2. The zero-order valence-corrected chi connectivity index (χ0v) is 19.6. The standard InChI is InChI=1S/C27H30N4O4/c32-22-11-6-10-21-25(22)27(29-19-7-2-1-3-8-19)26(30-21)18-12-13-28-23(15-18)31-24(33)17-34-16-20-9-4-5-14-35-20/h1-3,7-8,12-13,15,20,29-30H,4-6,9-11,14,16-17H2,(H,28,31,33)/t20-/m0/s1. The number of aromatic nitrogens is 2. The number of para-hydroxylation sites is 1. The molecule has 182 valence electrons. The van der Waals surface area contributed by atoms with E-state index in [0.717, 1.165) is 72.6 Å². The third-order valence-corrected chi connectivity index (χ3v) is 6.36. The molecule has 3 N–H and O–H groups in total. The summed E-state index contributed by atoms with van der Waals surface area (Å²) < 4.78 is 11.2. The lowest BCUT2D eigenvalue weighted by Crippen LogP contribution is -2.27. The minimum absolute atomic E-state index is 0.0577. The Morgan fingerprint density at radius 2 is 2.03 bits per heavy atom. The molecule has 1 aliphatic carbocycles. The number of benzene rings is 1. The van der Waals surface area contributed by atoms with Crippen LogP contribution in [0.1, 0.15) is 48.2 Å². The molecule has 2 aliphatic rings. The maximum atomic E-state index is 12.8. The molecule has 0 unspecified atom stereocenters. The Morgan fingerprint density at radius 1 is 1.14 bits per heavy atom. The van der Waals surface area contributed by atoms with Gasteiger partial charge in [-0.25, -0.2) is 4.98 Å². The van der Waals surface area contributed by atoms with Crippen LogP contribution in [0.3, 0.4) is 0 Å². The molecule has 3 heterocycles. The molecule has 5 rings (SSSR count). The van der Waals surface area contributed by atoms with Crippen LogP contribution in [0.25, 0.3) is 11.3 Å². The van der Waals surface area contributed by atoms with Crippen molar-refractivity contribution in [1.29, 1.82) is 0 Å². The molecule has 8 nitrogen and oxygen atoms in total. The first-order chi connectivity index (χ1) is 17.2. The van der Waals surface area contributed by atoms with E-state index in [9.17, 15) is 9.59 Å². The number of ketones is 1. The number of carbonyl (C=O) groups is 2. The van der Waals surface area contributed by atoms with Crippen molar-refractivity contribution in [3.63, 3.8) is 0 Å². The van der Waals surface area contributed by atoms with Crippen molar-refractivity contribution in [3.05, 3.63) is 59.9 Å². The SMILES string of the molecule is O=C(COC[C@@H]1CCCCO1)Nc1cc(-c2[nH]c3c(c2Nc2ccccc2)C(=O)CCC3)ccn1. The number of nitrogens with zero attached hydrogens (tertiary/aromatic N) is 1. The molecule has 0 saturated carbocycles. The number of rotatable bonds is 8. The minimum Gasteiger partial charge on any atom is -0.376 e. The fourth-order valence-electron chi connectivity index (χ4n) is 4.66. The van der Waals surface area contributed by atoms with E-state index in [1.807, 2.05) is 36.4 Å². The Morgan fingerprint density at radius 3 is 2.86 bits per heavy atom. The summed E-state index contributed by atoms with van der Waals surface area (Å²) in [4.78, 5) is 33.0. The lowest BCUT2D eigenvalue weighted by Gasteiger charge is -2.22. The predicted molar refractivity (Wildman–Crippen MR) is 134 cm³/mol. The van der Waals surface area contributed by atoms with Crippen LogP contribution in [0, 0.1) is 0 Å². The number of fused-ring (bicyclic) bond motifs is 1. The maximum Gasteiger partial charge on any atom is 0.251 e. The molecular formula is C27H30N4O4. The second-order valence-electron chi connectivity index (χ2n) is 8.98. The number of pyridine rings is 1. The monoisotopic (exact) mass is 474 g/mol. The summed E-state index contributed by atoms with van der Waals surface area (Å²) in [5.41, 5.74) is 4.95. The largest absolute Gasteiger partial charge is 0.376 e. The van der Waals surface area contributed by atoms with Crippen molar-refractivity contribution < 1.29 is 19.1 Å². The van der Waals surface area contributed by atoms with E-state index in [1.165, 1.54) is 0 Å². The van der Waals surface area contributed by atoms with Gasteiger partial charge in [0, 0.05) is 36.2 Å². The van der Waals surface area contributed by atoms with Crippen molar-refractivity contribution >= 4 is 28.9 Å². The van der Waals surface area contributed by atoms with E-state index in [1.54, 1.807) is 12.3 Å². The molecule has 1 aromatic carbocycles. The minimum atomic E-state index is -0.269. The number of anilines is 3. The normalized spacial score (nSPS) is 17.6. The van der Waals surface area contributed by atoms with Gasteiger partial charge in [-0.15, -0.1) is 0 Å². The molecule has 1 atom stereocenters. The molecule has 2 aromatic heterocycles. The van der Waals surface area contributed by atoms with Crippen LogP contribution in [0.5, 0.6) is 0 Å². The Kier molecular flexibility index (Phi) is 7.20. The van der Waals surface area contributed by atoms with Crippen molar-refractivity contribution in [2.75, 3.05) is 30.5 Å². The fourth-order valence-corrected chi connectivity index (χ4v) is 4.66. The molecule has 1 fully saturated rings. The van der Waals surface area contributed by atoms with Crippen molar-refractivity contribution in [2.24, 2.45) is 0 Å². The third kappa shape index (κ3) is 5.61. The summed E-state index contributed by atoms with van der Waals surface area (Å²) in [6, 6.07) is 13.5. The zero-order valence-electron chi connectivity index (χ0n) is 19.6. The first-order valence-corrected chi connectivity index (χ1v) is 12.2. The number of nitrogens with one attached hydrogen (secondary N) is 3. The third-order valence-electron chi connectivity index (χ3n) is 6.36. The lowest BCUT2D eigenvalue weighted by atomic mass is 9.95. The number of H-pyrrole nitrogens is 1. The Bertz CT molecular complexity index is 1190. The summed E-state index contributed by atoms with van der Waals surface area (Å²) in [6.07, 6.45) is 7.09. The molecule has 0 bridgehead atoms. The summed E-state index contributed by atoms with van der Waals surface area (Å²) in [6.45, 7) is 1.11. The summed E-state index contributed by atoms with van der Waals surface area (Å²) in [7, 11) is 0. The summed E-state index contributed by atoms with van der Waals surface area (Å²) in [5.74, 6) is 0.289. The predicted octanol–water partition coefficient (Wildman–Crippen LogP) is 4.86. The summed E-state index contributed by atoms with van der Waals surface area (Å²) >= 11 is 0. The molecule has 1 saturated heterocycles.